The van der Waals surface area contributed by atoms with Crippen molar-refractivity contribution in [2.24, 2.45) is 23.7 Å². The van der Waals surface area contributed by atoms with E-state index in [4.69, 9.17) is 37.9 Å². The molecule has 7 unspecified atom stereocenters. The highest BCUT2D eigenvalue weighted by Gasteiger charge is 2.44. The summed E-state index contributed by atoms with van der Waals surface area (Å²) in [5.74, 6) is -4.21. The van der Waals surface area contributed by atoms with E-state index in [1.807, 2.05) is 59.7 Å². The number of likely N-dealkylation sites (tertiary alicyclic amines) is 1. The van der Waals surface area contributed by atoms with Crippen LogP contribution in [-0.4, -0.2) is 209 Å². The summed E-state index contributed by atoms with van der Waals surface area (Å²) in [5, 5.41) is 19.5. The van der Waals surface area contributed by atoms with Gasteiger partial charge in [-0.05, 0) is 102 Å². The summed E-state index contributed by atoms with van der Waals surface area (Å²) in [6.07, 6.45) is 1.64. The van der Waals surface area contributed by atoms with Crippen LogP contribution >= 0.6 is 0 Å². The predicted molar refractivity (Wildman–Crippen MR) is 346 cm³/mol. The number of aliphatic hydroxyl groups is 1. The maximum atomic E-state index is 14.7. The van der Waals surface area contributed by atoms with E-state index in [9.17, 15) is 43.5 Å². The van der Waals surface area contributed by atoms with Gasteiger partial charge in [-0.3, -0.25) is 38.9 Å². The fourth-order valence-corrected chi connectivity index (χ4v) is 10.9. The number of anilines is 1. The molecule has 6 amide bonds. The molecular formula is C68H108N6O17. The lowest BCUT2D eigenvalue weighted by atomic mass is 9.89. The van der Waals surface area contributed by atoms with Gasteiger partial charge in [0.05, 0.1) is 101 Å². The Balaban J connectivity index is 1.48. The normalized spacial score (nSPS) is 16.7. The molecule has 23 nitrogen and oxygen atoms in total. The molecule has 0 aromatic heterocycles. The molecular weight excluding hydrogens is 1170 g/mol. The van der Waals surface area contributed by atoms with E-state index in [1.54, 1.807) is 103 Å². The molecule has 3 rings (SSSR count). The van der Waals surface area contributed by atoms with Crippen molar-refractivity contribution in [3.8, 4) is 0 Å². The number of carbonyl (C=O) groups is 8. The Bertz CT molecular complexity index is 2660. The highest BCUT2D eigenvalue weighted by molar-refractivity contribution is 6.06. The van der Waals surface area contributed by atoms with E-state index in [2.05, 4.69) is 16.0 Å². The SMILES string of the molecule is CCC(C)C(C(CC(=O)N1CCCC1C(OC)C(C)C(=O)N[C@@H](C)[C@H](O)c1ccccc1)OC)N(C)C(=O)[C@@H](NC(=O)C(C(C)C)N(C)C(=O)COCCOCCOCCOC/C=C/C(=O)c1ccc(CC(=O)OC(C)(C)C)c(NC(=O)OC(C)(C)C)c1)C(C)C. The van der Waals surface area contributed by atoms with Gasteiger partial charge in [-0.1, -0.05) is 103 Å². The molecule has 0 bridgehead atoms. The maximum Gasteiger partial charge on any atom is 0.412 e. The zero-order valence-electron chi connectivity index (χ0n) is 57.4. The number of allylic oxidation sites excluding steroid dienone is 1. The maximum absolute atomic E-state index is 14.7. The van der Waals surface area contributed by atoms with Gasteiger partial charge in [-0.15, -0.1) is 0 Å². The number of nitrogens with zero attached hydrogens (tertiary/aromatic N) is 3. The number of esters is 1. The second-order valence-corrected chi connectivity index (χ2v) is 26.0. The highest BCUT2D eigenvalue weighted by Crippen LogP contribution is 2.31. The smallest absolute Gasteiger partial charge is 0.412 e. The quantitative estimate of drug-likeness (QED) is 0.0219. The van der Waals surface area contributed by atoms with Crippen LogP contribution in [0.2, 0.25) is 0 Å². The molecule has 1 fully saturated rings. The topological polar surface area (TPSA) is 276 Å². The number of hydrogen-bond donors (Lipinski definition) is 4. The lowest BCUT2D eigenvalue weighted by molar-refractivity contribution is -0.154. The fraction of sp³-hybridized carbons (Fsp3) is 0.676. The van der Waals surface area contributed by atoms with E-state index < -0.39 is 89.5 Å². The molecule has 0 aliphatic carbocycles. The molecule has 1 heterocycles. The van der Waals surface area contributed by atoms with Crippen LogP contribution in [0.3, 0.4) is 0 Å². The Hall–Kier alpha value is -6.34. The van der Waals surface area contributed by atoms with Gasteiger partial charge in [0.25, 0.3) is 0 Å². The Morgan fingerprint density at radius 1 is 0.736 bits per heavy atom. The molecule has 1 aliphatic heterocycles. The number of ether oxygens (including phenoxy) is 8. The minimum absolute atomic E-state index is 0.0610. The first-order valence-corrected chi connectivity index (χ1v) is 31.8. The van der Waals surface area contributed by atoms with Crippen LogP contribution in [0.4, 0.5) is 10.5 Å². The number of ketones is 1. The Kier molecular flexibility index (Phi) is 33.5. The molecule has 4 N–H and O–H groups in total. The largest absolute Gasteiger partial charge is 0.460 e. The first kappa shape index (κ1) is 78.9. The van der Waals surface area contributed by atoms with Crippen molar-refractivity contribution in [3.05, 3.63) is 77.4 Å². The minimum Gasteiger partial charge on any atom is -0.460 e. The molecule has 0 saturated carbocycles. The third kappa shape index (κ3) is 26.3. The van der Waals surface area contributed by atoms with Gasteiger partial charge in [-0.2, -0.15) is 0 Å². The van der Waals surface area contributed by atoms with Gasteiger partial charge in [0.1, 0.15) is 29.9 Å². The number of likely N-dealkylation sites (N-methyl/N-ethyl adjacent to an activating group) is 2. The first-order valence-electron chi connectivity index (χ1n) is 31.8. The summed E-state index contributed by atoms with van der Waals surface area (Å²) in [4.78, 5) is 113. The fourth-order valence-electron chi connectivity index (χ4n) is 10.9. The summed E-state index contributed by atoms with van der Waals surface area (Å²) in [6.45, 7) is 26.7. The molecule has 2 aromatic carbocycles. The van der Waals surface area contributed by atoms with Crippen molar-refractivity contribution in [1.82, 2.24) is 25.3 Å². The van der Waals surface area contributed by atoms with Crippen molar-refractivity contribution in [2.45, 2.75) is 189 Å². The van der Waals surface area contributed by atoms with E-state index in [1.165, 1.54) is 38.3 Å². The summed E-state index contributed by atoms with van der Waals surface area (Å²) in [6, 6.07) is 10.2. The Morgan fingerprint density at radius 2 is 1.34 bits per heavy atom. The number of nitrogens with one attached hydrogen (secondary N) is 3. The summed E-state index contributed by atoms with van der Waals surface area (Å²) in [7, 11) is 6.23. The van der Waals surface area contributed by atoms with Crippen molar-refractivity contribution >= 4 is 53.1 Å². The second kappa shape index (κ2) is 38.6. The molecule has 2 aromatic rings. The number of hydrogen-bond acceptors (Lipinski definition) is 17. The van der Waals surface area contributed by atoms with Crippen LogP contribution in [0, 0.1) is 23.7 Å². The monoisotopic (exact) mass is 1280 g/mol. The van der Waals surface area contributed by atoms with Crippen LogP contribution in [0.1, 0.15) is 150 Å². The molecule has 1 aliphatic rings. The minimum atomic E-state index is -0.994. The average Bonchev–Trinajstić information content (AvgIpc) is 2.04. The average molecular weight is 1280 g/mol. The summed E-state index contributed by atoms with van der Waals surface area (Å²) >= 11 is 0. The number of aliphatic hydroxyl groups excluding tert-OH is 1. The molecule has 1 saturated heterocycles. The van der Waals surface area contributed by atoms with Gasteiger partial charge < -0.3 is 68.3 Å². The van der Waals surface area contributed by atoms with Crippen molar-refractivity contribution < 1.29 is 81.4 Å². The van der Waals surface area contributed by atoms with E-state index in [-0.39, 0.29) is 118 Å². The lowest BCUT2D eigenvalue weighted by Gasteiger charge is -2.41. The van der Waals surface area contributed by atoms with Crippen molar-refractivity contribution in [3.63, 3.8) is 0 Å². The third-order valence-corrected chi connectivity index (χ3v) is 15.8. The standard InChI is InChI=1S/C68H108N6O17/c1-19-45(6)60(54(84-17)41-55(76)74-31-23-27-52(74)62(85-18)46(7)63(80)69-47(8)61(79)48-25-21-20-22-26-48)73(16)65(82)58(43(2)3)71-64(81)59(44(4)5)72(15)56(77)42-89-38-37-88-36-35-87-34-33-86-32-24-28-53(75)50-30-29-49(40-57(78)90-67(9,10)11)51(39-50)70-66(83)91-68(12,13)14/h20-22,24-26,28-30,39,43-47,52,54,58-62,79H,19,23,27,31-38,40-42H2,1-18H3,(H,69,80)(H,70,83)(H,71,81)/b28-24+/t45?,46?,47-,52?,54?,58-,59?,60?,61-,62?/m0/s1. The molecule has 0 radical (unpaired) electrons. The first-order chi connectivity index (χ1) is 42.8. The van der Waals surface area contributed by atoms with Crippen molar-refractivity contribution in [2.75, 3.05) is 93.0 Å². The van der Waals surface area contributed by atoms with Gasteiger partial charge in [0.2, 0.25) is 29.5 Å². The number of methoxy groups -OCH3 is 2. The number of rotatable bonds is 38. The van der Waals surface area contributed by atoms with Crippen LogP contribution in [0.25, 0.3) is 0 Å². The molecule has 10 atom stereocenters. The number of benzene rings is 2. The van der Waals surface area contributed by atoms with E-state index in [0.717, 1.165) is 0 Å². The Labute approximate surface area is 540 Å². The third-order valence-electron chi connectivity index (χ3n) is 15.8. The van der Waals surface area contributed by atoms with E-state index >= 15 is 0 Å². The molecule has 91 heavy (non-hydrogen) atoms. The Morgan fingerprint density at radius 3 is 1.90 bits per heavy atom. The van der Waals surface area contributed by atoms with Crippen molar-refractivity contribution in [1.29, 1.82) is 0 Å². The molecule has 23 heteroatoms. The van der Waals surface area contributed by atoms with E-state index in [0.29, 0.717) is 36.9 Å². The zero-order chi connectivity index (χ0) is 68.3. The predicted octanol–water partition coefficient (Wildman–Crippen LogP) is 7.51. The van der Waals surface area contributed by atoms with Crippen LogP contribution in [-0.2, 0) is 73.1 Å². The summed E-state index contributed by atoms with van der Waals surface area (Å²) < 4.78 is 45.3. The van der Waals surface area contributed by atoms with Crippen LogP contribution in [0.5, 0.6) is 0 Å². The molecule has 0 spiro atoms. The van der Waals surface area contributed by atoms with Crippen LogP contribution in [0.15, 0.2) is 60.7 Å². The van der Waals surface area contributed by atoms with Gasteiger partial charge in [0, 0.05) is 46.1 Å². The van der Waals surface area contributed by atoms with Crippen LogP contribution < -0.4 is 16.0 Å². The molecule has 512 valence electrons. The number of amides is 6. The van der Waals surface area contributed by atoms with Gasteiger partial charge in [-0.25, -0.2) is 4.79 Å². The zero-order valence-corrected chi connectivity index (χ0v) is 57.4. The number of carbonyl (C=O) groups excluding carboxylic acids is 8. The van der Waals surface area contributed by atoms with Gasteiger partial charge in [0.15, 0.2) is 5.78 Å². The van der Waals surface area contributed by atoms with Gasteiger partial charge >= 0.3 is 12.1 Å². The summed E-state index contributed by atoms with van der Waals surface area (Å²) in [5.41, 5.74) is 0.170. The lowest BCUT2D eigenvalue weighted by Crippen LogP contribution is -2.60. The highest BCUT2D eigenvalue weighted by atomic mass is 16.6. The second-order valence-electron chi connectivity index (χ2n) is 26.0.